The number of anilines is 1. The van der Waals surface area contributed by atoms with E-state index in [0.717, 1.165) is 36.1 Å². The van der Waals surface area contributed by atoms with Gasteiger partial charge >= 0.3 is 0 Å². The van der Waals surface area contributed by atoms with Crippen LogP contribution in [0.5, 0.6) is 0 Å². The molecule has 1 saturated heterocycles. The third-order valence-corrected chi connectivity index (χ3v) is 4.76. The molecule has 5 nitrogen and oxygen atoms in total. The van der Waals surface area contributed by atoms with Gasteiger partial charge in [0.15, 0.2) is 0 Å². The molecule has 6 heteroatoms. The molecular formula is C14H20BrN3O2. The van der Waals surface area contributed by atoms with E-state index in [2.05, 4.69) is 27.8 Å². The number of halogens is 1. The summed E-state index contributed by atoms with van der Waals surface area (Å²) in [5.41, 5.74) is 8.01. The highest BCUT2D eigenvalue weighted by atomic mass is 79.9. The largest absolute Gasteiger partial charge is 0.370 e. The molecule has 0 amide bonds. The predicted octanol–water partition coefficient (Wildman–Crippen LogP) is 3.23. The molecule has 2 atom stereocenters. The Morgan fingerprint density at radius 2 is 2.25 bits per heavy atom. The molecule has 1 aromatic carbocycles. The number of hydrogen-bond acceptors (Lipinski definition) is 4. The summed E-state index contributed by atoms with van der Waals surface area (Å²) in [6.45, 7) is 5.74. The Hall–Kier alpha value is -1.14. The van der Waals surface area contributed by atoms with Gasteiger partial charge in [0, 0.05) is 35.2 Å². The van der Waals surface area contributed by atoms with Crippen molar-refractivity contribution < 1.29 is 4.92 Å². The molecule has 2 rings (SSSR count). The minimum absolute atomic E-state index is 0.154. The van der Waals surface area contributed by atoms with Gasteiger partial charge in [0.1, 0.15) is 0 Å². The van der Waals surface area contributed by atoms with E-state index in [4.69, 9.17) is 5.73 Å². The average molecular weight is 342 g/mol. The molecule has 2 unspecified atom stereocenters. The SMILES string of the molecule is CCC1CN(c2cc(C)c([N+](=O)[O-])cc2Br)CCC1N. The third-order valence-electron chi connectivity index (χ3n) is 4.12. The van der Waals surface area contributed by atoms with Crippen LogP contribution in [0.2, 0.25) is 0 Å². The van der Waals surface area contributed by atoms with Gasteiger partial charge in [-0.1, -0.05) is 13.3 Å². The summed E-state index contributed by atoms with van der Waals surface area (Å²) in [6, 6.07) is 3.75. The highest BCUT2D eigenvalue weighted by Gasteiger charge is 2.27. The van der Waals surface area contributed by atoms with E-state index in [1.807, 2.05) is 6.07 Å². The molecule has 1 heterocycles. The Morgan fingerprint density at radius 1 is 1.55 bits per heavy atom. The molecule has 1 fully saturated rings. The summed E-state index contributed by atoms with van der Waals surface area (Å²) < 4.78 is 0.778. The molecule has 0 aromatic heterocycles. The second-order valence-electron chi connectivity index (χ2n) is 5.41. The second kappa shape index (κ2) is 6.10. The summed E-state index contributed by atoms with van der Waals surface area (Å²) in [5.74, 6) is 0.478. The molecule has 0 bridgehead atoms. The van der Waals surface area contributed by atoms with Crippen LogP contribution in [0, 0.1) is 23.0 Å². The standard InChI is InChI=1S/C14H20BrN3O2/c1-3-10-8-17(5-4-12(10)16)14-6-9(2)13(18(19)20)7-11(14)15/h6-7,10,12H,3-5,8,16H2,1-2H3. The number of nitro groups is 1. The molecular weight excluding hydrogens is 322 g/mol. The van der Waals surface area contributed by atoms with Crippen molar-refractivity contribution in [1.29, 1.82) is 0 Å². The van der Waals surface area contributed by atoms with Crippen LogP contribution in [0.15, 0.2) is 16.6 Å². The highest BCUT2D eigenvalue weighted by molar-refractivity contribution is 9.10. The van der Waals surface area contributed by atoms with Crippen LogP contribution in [0.4, 0.5) is 11.4 Å². The maximum absolute atomic E-state index is 11.0. The summed E-state index contributed by atoms with van der Waals surface area (Å²) >= 11 is 3.46. The number of rotatable bonds is 3. The third kappa shape index (κ3) is 2.96. The molecule has 110 valence electrons. The lowest BCUT2D eigenvalue weighted by Crippen LogP contribution is -2.47. The Bertz CT molecular complexity index is 521. The molecule has 2 N–H and O–H groups in total. The first-order valence-electron chi connectivity index (χ1n) is 6.89. The zero-order valence-corrected chi connectivity index (χ0v) is 13.4. The first-order chi connectivity index (χ1) is 9.43. The molecule has 0 radical (unpaired) electrons. The Kier molecular flexibility index (Phi) is 4.65. The van der Waals surface area contributed by atoms with Gasteiger partial charge in [-0.25, -0.2) is 0 Å². The van der Waals surface area contributed by atoms with Gasteiger partial charge in [0.25, 0.3) is 5.69 Å². The zero-order chi connectivity index (χ0) is 14.9. The van der Waals surface area contributed by atoms with Crippen LogP contribution in [0.1, 0.15) is 25.3 Å². The zero-order valence-electron chi connectivity index (χ0n) is 11.8. The van der Waals surface area contributed by atoms with Crippen molar-refractivity contribution in [2.24, 2.45) is 11.7 Å². The summed E-state index contributed by atoms with van der Waals surface area (Å²) in [7, 11) is 0. The van der Waals surface area contributed by atoms with Gasteiger partial charge in [-0.15, -0.1) is 0 Å². The predicted molar refractivity (Wildman–Crippen MR) is 84.1 cm³/mol. The van der Waals surface area contributed by atoms with E-state index in [9.17, 15) is 10.1 Å². The highest BCUT2D eigenvalue weighted by Crippen LogP contribution is 2.35. The van der Waals surface area contributed by atoms with E-state index >= 15 is 0 Å². The van der Waals surface area contributed by atoms with Crippen LogP contribution in [-0.2, 0) is 0 Å². The lowest BCUT2D eigenvalue weighted by molar-refractivity contribution is -0.385. The average Bonchev–Trinajstić information content (AvgIpc) is 2.41. The molecule has 0 spiro atoms. The molecule has 0 aliphatic carbocycles. The van der Waals surface area contributed by atoms with Crippen molar-refractivity contribution >= 4 is 27.3 Å². The molecule has 1 aliphatic heterocycles. The Balaban J connectivity index is 2.29. The summed E-state index contributed by atoms with van der Waals surface area (Å²) in [6.07, 6.45) is 2.02. The number of piperidine rings is 1. The lowest BCUT2D eigenvalue weighted by atomic mass is 9.90. The number of nitrogens with zero attached hydrogens (tertiary/aromatic N) is 2. The Labute approximate surface area is 127 Å². The normalized spacial score (nSPS) is 22.9. The van der Waals surface area contributed by atoms with E-state index in [-0.39, 0.29) is 16.7 Å². The second-order valence-corrected chi connectivity index (χ2v) is 6.27. The van der Waals surface area contributed by atoms with E-state index in [0.29, 0.717) is 11.5 Å². The molecule has 20 heavy (non-hydrogen) atoms. The van der Waals surface area contributed by atoms with Crippen LogP contribution in [0.3, 0.4) is 0 Å². The van der Waals surface area contributed by atoms with Crippen molar-refractivity contribution in [3.05, 3.63) is 32.3 Å². The van der Waals surface area contributed by atoms with Crippen molar-refractivity contribution in [1.82, 2.24) is 0 Å². The van der Waals surface area contributed by atoms with Crippen molar-refractivity contribution in [2.75, 3.05) is 18.0 Å². The van der Waals surface area contributed by atoms with Crippen LogP contribution >= 0.6 is 15.9 Å². The van der Waals surface area contributed by atoms with Gasteiger partial charge in [0.05, 0.1) is 10.6 Å². The first-order valence-corrected chi connectivity index (χ1v) is 7.68. The van der Waals surface area contributed by atoms with Gasteiger partial charge < -0.3 is 10.6 Å². The fraction of sp³-hybridized carbons (Fsp3) is 0.571. The van der Waals surface area contributed by atoms with Crippen molar-refractivity contribution in [3.63, 3.8) is 0 Å². The fourth-order valence-corrected chi connectivity index (χ4v) is 3.38. The van der Waals surface area contributed by atoms with Gasteiger partial charge in [-0.05, 0) is 41.3 Å². The monoisotopic (exact) mass is 341 g/mol. The summed E-state index contributed by atoms with van der Waals surface area (Å²) in [4.78, 5) is 12.9. The van der Waals surface area contributed by atoms with Gasteiger partial charge in [0.2, 0.25) is 0 Å². The topological polar surface area (TPSA) is 72.4 Å². The van der Waals surface area contributed by atoms with Gasteiger partial charge in [-0.3, -0.25) is 10.1 Å². The maximum atomic E-state index is 11.0. The van der Waals surface area contributed by atoms with Crippen LogP contribution in [0.25, 0.3) is 0 Å². The number of hydrogen-bond donors (Lipinski definition) is 1. The first kappa shape index (κ1) is 15.3. The Morgan fingerprint density at radius 3 is 2.85 bits per heavy atom. The van der Waals surface area contributed by atoms with Crippen LogP contribution < -0.4 is 10.6 Å². The number of nitro benzene ring substituents is 1. The molecule has 1 aliphatic rings. The van der Waals surface area contributed by atoms with E-state index in [1.165, 1.54) is 0 Å². The maximum Gasteiger partial charge on any atom is 0.273 e. The van der Waals surface area contributed by atoms with Gasteiger partial charge in [-0.2, -0.15) is 0 Å². The van der Waals surface area contributed by atoms with E-state index in [1.54, 1.807) is 13.0 Å². The van der Waals surface area contributed by atoms with Crippen LogP contribution in [-0.4, -0.2) is 24.1 Å². The summed E-state index contributed by atoms with van der Waals surface area (Å²) in [5, 5.41) is 11.0. The number of nitrogens with two attached hydrogens (primary N) is 1. The van der Waals surface area contributed by atoms with Crippen molar-refractivity contribution in [2.45, 2.75) is 32.7 Å². The number of aryl methyl sites for hydroxylation is 1. The minimum atomic E-state index is -0.342. The molecule has 1 aromatic rings. The smallest absolute Gasteiger partial charge is 0.273 e. The minimum Gasteiger partial charge on any atom is -0.370 e. The quantitative estimate of drug-likeness (QED) is 0.676. The van der Waals surface area contributed by atoms with E-state index < -0.39 is 0 Å². The molecule has 0 saturated carbocycles. The van der Waals surface area contributed by atoms with Crippen molar-refractivity contribution in [3.8, 4) is 0 Å². The fourth-order valence-electron chi connectivity index (χ4n) is 2.80. The lowest BCUT2D eigenvalue weighted by Gasteiger charge is -2.38. The number of benzene rings is 1.